The fourth-order valence-electron chi connectivity index (χ4n) is 1.25. The third-order valence-electron chi connectivity index (χ3n) is 1.88. The summed E-state index contributed by atoms with van der Waals surface area (Å²) in [6.45, 7) is 0.655. The third kappa shape index (κ3) is 1.38. The van der Waals surface area contributed by atoms with Crippen molar-refractivity contribution >= 4 is 0 Å². The van der Waals surface area contributed by atoms with E-state index in [0.29, 0.717) is 6.61 Å². The summed E-state index contributed by atoms with van der Waals surface area (Å²) in [6.07, 6.45) is 3.96. The van der Waals surface area contributed by atoms with Gasteiger partial charge in [0.15, 0.2) is 0 Å². The number of benzene rings is 1. The van der Waals surface area contributed by atoms with Gasteiger partial charge >= 0.3 is 0 Å². The number of halogens is 1. The Bertz CT molecular complexity index is 289. The van der Waals surface area contributed by atoms with Crippen LogP contribution in [0, 0.1) is 5.82 Å². The van der Waals surface area contributed by atoms with Gasteiger partial charge < -0.3 is 4.74 Å². The second kappa shape index (κ2) is 3.07. The van der Waals surface area contributed by atoms with E-state index in [-0.39, 0.29) is 11.9 Å². The molecule has 0 bridgehead atoms. The van der Waals surface area contributed by atoms with Crippen molar-refractivity contribution in [1.82, 2.24) is 0 Å². The maximum atomic E-state index is 12.5. The van der Waals surface area contributed by atoms with E-state index in [4.69, 9.17) is 4.74 Å². The van der Waals surface area contributed by atoms with E-state index < -0.39 is 0 Å². The first-order chi connectivity index (χ1) is 5.86. The molecule has 0 fully saturated rings. The standard InChI is InChI=1S/C10H9FO/c11-9-5-3-8(4-6-9)10-2-1-7-12-10/h1-6,10H,7H2. The topological polar surface area (TPSA) is 9.23 Å². The molecule has 1 heterocycles. The monoisotopic (exact) mass is 164 g/mol. The Morgan fingerprint density at radius 2 is 2.00 bits per heavy atom. The molecule has 1 nitrogen and oxygen atoms in total. The van der Waals surface area contributed by atoms with Crippen LogP contribution in [0.15, 0.2) is 36.4 Å². The molecule has 1 atom stereocenters. The van der Waals surface area contributed by atoms with E-state index in [0.717, 1.165) is 5.56 Å². The molecule has 1 aliphatic rings. The second-order valence-electron chi connectivity index (χ2n) is 2.73. The molecule has 2 rings (SSSR count). The van der Waals surface area contributed by atoms with Gasteiger partial charge in [-0.05, 0) is 17.7 Å². The zero-order chi connectivity index (χ0) is 8.39. The first kappa shape index (κ1) is 7.50. The quantitative estimate of drug-likeness (QED) is 0.579. The van der Waals surface area contributed by atoms with Gasteiger partial charge in [-0.2, -0.15) is 0 Å². The Morgan fingerprint density at radius 1 is 1.25 bits per heavy atom. The molecular formula is C10H9FO. The number of hydrogen-bond acceptors (Lipinski definition) is 1. The van der Waals surface area contributed by atoms with Gasteiger partial charge in [0.2, 0.25) is 0 Å². The summed E-state index contributed by atoms with van der Waals surface area (Å²) in [5, 5.41) is 0. The molecule has 0 N–H and O–H groups in total. The van der Waals surface area contributed by atoms with Crippen molar-refractivity contribution < 1.29 is 9.13 Å². The van der Waals surface area contributed by atoms with Crippen molar-refractivity contribution in [2.45, 2.75) is 6.10 Å². The van der Waals surface area contributed by atoms with Crippen LogP contribution in [0.25, 0.3) is 0 Å². The molecule has 0 amide bonds. The predicted molar refractivity (Wildman–Crippen MR) is 44.2 cm³/mol. The van der Waals surface area contributed by atoms with E-state index in [1.54, 1.807) is 12.1 Å². The largest absolute Gasteiger partial charge is 0.365 e. The molecule has 0 saturated heterocycles. The van der Waals surface area contributed by atoms with Crippen LogP contribution >= 0.6 is 0 Å². The summed E-state index contributed by atoms with van der Waals surface area (Å²) in [5.74, 6) is -0.208. The fraction of sp³-hybridized carbons (Fsp3) is 0.200. The number of hydrogen-bond donors (Lipinski definition) is 0. The van der Waals surface area contributed by atoms with E-state index in [2.05, 4.69) is 0 Å². The molecule has 62 valence electrons. The van der Waals surface area contributed by atoms with Crippen molar-refractivity contribution in [2.75, 3.05) is 6.61 Å². The predicted octanol–water partition coefficient (Wildman–Crippen LogP) is 2.45. The summed E-state index contributed by atoms with van der Waals surface area (Å²) in [5.41, 5.74) is 1.00. The average Bonchev–Trinajstić information content (AvgIpc) is 2.58. The molecular weight excluding hydrogens is 155 g/mol. The summed E-state index contributed by atoms with van der Waals surface area (Å²) in [7, 11) is 0. The van der Waals surface area contributed by atoms with Gasteiger partial charge in [0.1, 0.15) is 11.9 Å². The minimum absolute atomic E-state index is 0.0191. The van der Waals surface area contributed by atoms with Crippen LogP contribution in [0.4, 0.5) is 4.39 Å². The lowest BCUT2D eigenvalue weighted by Gasteiger charge is -2.07. The van der Waals surface area contributed by atoms with Crippen LogP contribution in [0.3, 0.4) is 0 Å². The molecule has 1 unspecified atom stereocenters. The van der Waals surface area contributed by atoms with Crippen LogP contribution in [-0.4, -0.2) is 6.61 Å². The molecule has 2 heteroatoms. The van der Waals surface area contributed by atoms with E-state index >= 15 is 0 Å². The summed E-state index contributed by atoms with van der Waals surface area (Å²) in [6, 6.07) is 6.39. The van der Waals surface area contributed by atoms with Crippen molar-refractivity contribution in [3.05, 3.63) is 47.8 Å². The van der Waals surface area contributed by atoms with E-state index in [9.17, 15) is 4.39 Å². The van der Waals surface area contributed by atoms with Crippen molar-refractivity contribution in [3.63, 3.8) is 0 Å². The first-order valence-corrected chi connectivity index (χ1v) is 3.90. The van der Waals surface area contributed by atoms with Crippen LogP contribution in [0.1, 0.15) is 11.7 Å². The highest BCUT2D eigenvalue weighted by atomic mass is 19.1. The van der Waals surface area contributed by atoms with Crippen LogP contribution in [0.5, 0.6) is 0 Å². The number of ether oxygens (including phenoxy) is 1. The molecule has 0 radical (unpaired) electrons. The zero-order valence-electron chi connectivity index (χ0n) is 6.53. The lowest BCUT2D eigenvalue weighted by Crippen LogP contribution is -1.95. The van der Waals surface area contributed by atoms with Crippen LogP contribution in [0.2, 0.25) is 0 Å². The van der Waals surface area contributed by atoms with Crippen LogP contribution < -0.4 is 0 Å². The van der Waals surface area contributed by atoms with Gasteiger partial charge in [-0.15, -0.1) is 0 Å². The lowest BCUT2D eigenvalue weighted by atomic mass is 10.1. The van der Waals surface area contributed by atoms with Gasteiger partial charge in [-0.3, -0.25) is 0 Å². The second-order valence-corrected chi connectivity index (χ2v) is 2.73. The molecule has 0 spiro atoms. The minimum Gasteiger partial charge on any atom is -0.365 e. The molecule has 1 aromatic carbocycles. The fourth-order valence-corrected chi connectivity index (χ4v) is 1.25. The highest BCUT2D eigenvalue weighted by Crippen LogP contribution is 2.22. The zero-order valence-corrected chi connectivity index (χ0v) is 6.53. The normalized spacial score (nSPS) is 21.6. The summed E-state index contributed by atoms with van der Waals surface area (Å²) < 4.78 is 17.9. The Balaban J connectivity index is 2.23. The Labute approximate surface area is 70.5 Å². The highest BCUT2D eigenvalue weighted by molar-refractivity contribution is 5.23. The highest BCUT2D eigenvalue weighted by Gasteiger charge is 2.11. The SMILES string of the molecule is Fc1ccc(C2C=CCO2)cc1. The van der Waals surface area contributed by atoms with Gasteiger partial charge in [-0.25, -0.2) is 4.39 Å². The van der Waals surface area contributed by atoms with Crippen molar-refractivity contribution in [1.29, 1.82) is 0 Å². The smallest absolute Gasteiger partial charge is 0.123 e. The molecule has 0 aromatic heterocycles. The van der Waals surface area contributed by atoms with E-state index in [1.807, 2.05) is 12.2 Å². The summed E-state index contributed by atoms with van der Waals surface area (Å²) >= 11 is 0. The Morgan fingerprint density at radius 3 is 2.58 bits per heavy atom. The first-order valence-electron chi connectivity index (χ1n) is 3.90. The third-order valence-corrected chi connectivity index (χ3v) is 1.88. The van der Waals surface area contributed by atoms with Gasteiger partial charge in [0.05, 0.1) is 6.61 Å². The van der Waals surface area contributed by atoms with Crippen LogP contribution in [-0.2, 0) is 4.74 Å². The lowest BCUT2D eigenvalue weighted by molar-refractivity contribution is 0.129. The molecule has 0 aliphatic carbocycles. The molecule has 0 saturated carbocycles. The van der Waals surface area contributed by atoms with E-state index in [1.165, 1.54) is 12.1 Å². The van der Waals surface area contributed by atoms with Crippen molar-refractivity contribution in [3.8, 4) is 0 Å². The maximum Gasteiger partial charge on any atom is 0.123 e. The Hall–Kier alpha value is -1.15. The summed E-state index contributed by atoms with van der Waals surface area (Å²) in [4.78, 5) is 0. The number of rotatable bonds is 1. The van der Waals surface area contributed by atoms with Gasteiger partial charge in [0.25, 0.3) is 0 Å². The molecule has 1 aromatic rings. The molecule has 1 aliphatic heterocycles. The maximum absolute atomic E-state index is 12.5. The minimum atomic E-state index is -0.208. The Kier molecular flexibility index (Phi) is 1.92. The van der Waals surface area contributed by atoms with Gasteiger partial charge in [0, 0.05) is 0 Å². The van der Waals surface area contributed by atoms with Crippen molar-refractivity contribution in [2.24, 2.45) is 0 Å². The average molecular weight is 164 g/mol. The van der Waals surface area contributed by atoms with Gasteiger partial charge in [-0.1, -0.05) is 24.3 Å². The molecule has 12 heavy (non-hydrogen) atoms.